The minimum Gasteiger partial charge on any atom is -0.488 e. The Morgan fingerprint density at radius 1 is 0.889 bits per heavy atom. The van der Waals surface area contributed by atoms with E-state index in [1.54, 1.807) is 0 Å². The summed E-state index contributed by atoms with van der Waals surface area (Å²) in [6, 6.07) is 23.1. The lowest BCUT2D eigenvalue weighted by atomic mass is 10.1. The molecular weight excluding hydrogens is 334 g/mol. The zero-order chi connectivity index (χ0) is 18.6. The molecule has 1 heterocycles. The molecule has 0 aliphatic heterocycles. The number of nitrogens with one attached hydrogen (secondary N) is 2. The van der Waals surface area contributed by atoms with Crippen LogP contribution in [0.1, 0.15) is 5.56 Å². The molecule has 4 rings (SSSR count). The second-order valence-corrected chi connectivity index (χ2v) is 7.03. The van der Waals surface area contributed by atoms with E-state index in [2.05, 4.69) is 90.0 Å². The van der Waals surface area contributed by atoms with Gasteiger partial charge in [-0.25, -0.2) is 0 Å². The van der Waals surface area contributed by atoms with E-state index in [9.17, 15) is 0 Å². The predicted molar refractivity (Wildman–Crippen MR) is 114 cm³/mol. The molecule has 4 nitrogen and oxygen atoms in total. The van der Waals surface area contributed by atoms with Gasteiger partial charge in [0.1, 0.15) is 6.61 Å². The fourth-order valence-electron chi connectivity index (χ4n) is 3.31. The maximum absolute atomic E-state index is 6.24. The molecule has 0 aliphatic rings. The van der Waals surface area contributed by atoms with E-state index >= 15 is 0 Å². The van der Waals surface area contributed by atoms with Crippen molar-refractivity contribution >= 4 is 27.5 Å². The van der Waals surface area contributed by atoms with E-state index in [1.807, 2.05) is 6.07 Å². The smallest absolute Gasteiger partial charge is 0.166 e. The number of likely N-dealkylation sites (N-methyl/N-ethyl adjacent to an activating group) is 1. The van der Waals surface area contributed by atoms with Gasteiger partial charge < -0.3 is 19.9 Å². The highest BCUT2D eigenvalue weighted by molar-refractivity contribution is 6.10. The monoisotopic (exact) mass is 359 g/mol. The van der Waals surface area contributed by atoms with Gasteiger partial charge in [0.15, 0.2) is 5.75 Å². The van der Waals surface area contributed by atoms with Crippen LogP contribution in [-0.4, -0.2) is 37.1 Å². The summed E-state index contributed by atoms with van der Waals surface area (Å²) in [7, 11) is 4.11. The summed E-state index contributed by atoms with van der Waals surface area (Å²) in [4.78, 5) is 5.67. The Morgan fingerprint density at radius 3 is 2.48 bits per heavy atom. The van der Waals surface area contributed by atoms with Gasteiger partial charge in [0.25, 0.3) is 0 Å². The molecule has 0 saturated carbocycles. The topological polar surface area (TPSA) is 40.3 Å². The number of aromatic amines is 1. The number of rotatable bonds is 7. The standard InChI is InChI=1S/C23H25N3O/c1-26(2)14-15-27-23-21(24-16-17-8-4-3-5-9-17)13-12-19-18-10-6-7-11-20(18)25-22(19)23/h3-13,24-25H,14-16H2,1-2H3. The number of H-pyrrole nitrogens is 1. The Morgan fingerprint density at radius 2 is 1.67 bits per heavy atom. The molecule has 0 aliphatic carbocycles. The third-order valence-electron chi connectivity index (χ3n) is 4.75. The van der Waals surface area contributed by atoms with Crippen molar-refractivity contribution in [3.05, 3.63) is 72.3 Å². The van der Waals surface area contributed by atoms with Gasteiger partial charge in [0, 0.05) is 29.4 Å². The lowest BCUT2D eigenvalue weighted by molar-refractivity contribution is 0.264. The van der Waals surface area contributed by atoms with Crippen LogP contribution in [0.2, 0.25) is 0 Å². The van der Waals surface area contributed by atoms with E-state index in [-0.39, 0.29) is 0 Å². The van der Waals surface area contributed by atoms with E-state index in [4.69, 9.17) is 4.74 Å². The van der Waals surface area contributed by atoms with Crippen LogP contribution < -0.4 is 10.1 Å². The third kappa shape index (κ3) is 3.76. The van der Waals surface area contributed by atoms with Crippen LogP contribution >= 0.6 is 0 Å². The molecule has 0 saturated heterocycles. The number of nitrogens with zero attached hydrogens (tertiary/aromatic N) is 1. The second kappa shape index (κ2) is 7.72. The molecule has 0 spiro atoms. The zero-order valence-electron chi connectivity index (χ0n) is 15.8. The highest BCUT2D eigenvalue weighted by atomic mass is 16.5. The number of hydrogen-bond donors (Lipinski definition) is 2. The van der Waals surface area contributed by atoms with E-state index in [1.165, 1.54) is 16.3 Å². The van der Waals surface area contributed by atoms with Crippen molar-refractivity contribution in [3.63, 3.8) is 0 Å². The molecule has 0 atom stereocenters. The number of anilines is 1. The van der Waals surface area contributed by atoms with Gasteiger partial charge in [-0.2, -0.15) is 0 Å². The fourth-order valence-corrected chi connectivity index (χ4v) is 3.31. The van der Waals surface area contributed by atoms with Gasteiger partial charge in [-0.05, 0) is 37.9 Å². The van der Waals surface area contributed by atoms with Crippen LogP contribution in [0, 0.1) is 0 Å². The number of hydrogen-bond acceptors (Lipinski definition) is 3. The van der Waals surface area contributed by atoms with Crippen molar-refractivity contribution in [1.29, 1.82) is 0 Å². The normalized spacial score (nSPS) is 11.4. The minimum absolute atomic E-state index is 0.640. The minimum atomic E-state index is 0.640. The highest BCUT2D eigenvalue weighted by Gasteiger charge is 2.14. The number of para-hydroxylation sites is 1. The summed E-state index contributed by atoms with van der Waals surface area (Å²) in [6.45, 7) is 2.27. The SMILES string of the molecule is CN(C)CCOc1c(NCc2ccccc2)ccc2c1[nH]c1ccccc12. The summed E-state index contributed by atoms with van der Waals surface area (Å²) < 4.78 is 6.24. The molecule has 0 amide bonds. The van der Waals surface area contributed by atoms with Crippen molar-refractivity contribution in [2.24, 2.45) is 0 Å². The van der Waals surface area contributed by atoms with Crippen molar-refractivity contribution in [2.45, 2.75) is 6.54 Å². The number of ether oxygens (including phenoxy) is 1. The highest BCUT2D eigenvalue weighted by Crippen LogP contribution is 2.37. The van der Waals surface area contributed by atoms with Crippen LogP contribution in [0.4, 0.5) is 5.69 Å². The Balaban J connectivity index is 1.71. The lowest BCUT2D eigenvalue weighted by Crippen LogP contribution is -2.19. The average molecular weight is 359 g/mol. The number of benzene rings is 3. The first-order chi connectivity index (χ1) is 13.2. The first-order valence-electron chi connectivity index (χ1n) is 9.31. The summed E-state index contributed by atoms with van der Waals surface area (Å²) >= 11 is 0. The van der Waals surface area contributed by atoms with E-state index in [0.717, 1.165) is 35.6 Å². The molecule has 27 heavy (non-hydrogen) atoms. The van der Waals surface area contributed by atoms with Crippen LogP contribution in [0.5, 0.6) is 5.75 Å². The molecule has 1 aromatic heterocycles. The lowest BCUT2D eigenvalue weighted by Gasteiger charge is -2.16. The van der Waals surface area contributed by atoms with Gasteiger partial charge in [0.2, 0.25) is 0 Å². The van der Waals surface area contributed by atoms with Crippen molar-refractivity contribution in [2.75, 3.05) is 32.6 Å². The van der Waals surface area contributed by atoms with Gasteiger partial charge in [-0.1, -0.05) is 48.5 Å². The number of fused-ring (bicyclic) bond motifs is 3. The molecule has 3 aromatic carbocycles. The number of aromatic nitrogens is 1. The quantitative estimate of drug-likeness (QED) is 0.494. The fraction of sp³-hybridized carbons (Fsp3) is 0.217. The van der Waals surface area contributed by atoms with Gasteiger partial charge in [0.05, 0.1) is 11.2 Å². The first kappa shape index (κ1) is 17.4. The second-order valence-electron chi connectivity index (χ2n) is 7.03. The molecule has 4 heteroatoms. The maximum Gasteiger partial charge on any atom is 0.166 e. The molecule has 0 bridgehead atoms. The molecule has 138 valence electrons. The van der Waals surface area contributed by atoms with Crippen LogP contribution in [0.3, 0.4) is 0 Å². The first-order valence-corrected chi connectivity index (χ1v) is 9.31. The van der Waals surface area contributed by atoms with E-state index < -0.39 is 0 Å². The van der Waals surface area contributed by atoms with Crippen molar-refractivity contribution in [3.8, 4) is 5.75 Å². The molecule has 4 aromatic rings. The molecular formula is C23H25N3O. The summed E-state index contributed by atoms with van der Waals surface area (Å²) in [5.74, 6) is 0.890. The summed E-state index contributed by atoms with van der Waals surface area (Å²) in [5, 5.41) is 5.96. The van der Waals surface area contributed by atoms with Gasteiger partial charge in [-0.15, -0.1) is 0 Å². The third-order valence-corrected chi connectivity index (χ3v) is 4.75. The molecule has 0 radical (unpaired) electrons. The van der Waals surface area contributed by atoms with Crippen molar-refractivity contribution in [1.82, 2.24) is 9.88 Å². The van der Waals surface area contributed by atoms with Gasteiger partial charge >= 0.3 is 0 Å². The predicted octanol–water partition coefficient (Wildman–Crippen LogP) is 4.87. The van der Waals surface area contributed by atoms with Crippen LogP contribution in [0.15, 0.2) is 66.7 Å². The largest absolute Gasteiger partial charge is 0.488 e. The molecule has 0 unspecified atom stereocenters. The van der Waals surface area contributed by atoms with E-state index in [0.29, 0.717) is 6.61 Å². The summed E-state index contributed by atoms with van der Waals surface area (Å²) in [6.07, 6.45) is 0. The Bertz CT molecular complexity index is 1040. The Kier molecular flexibility index (Phi) is 4.99. The van der Waals surface area contributed by atoms with Crippen LogP contribution in [-0.2, 0) is 6.54 Å². The molecule has 0 fully saturated rings. The molecule has 2 N–H and O–H groups in total. The van der Waals surface area contributed by atoms with Gasteiger partial charge in [-0.3, -0.25) is 0 Å². The average Bonchev–Trinajstić information content (AvgIpc) is 3.06. The Hall–Kier alpha value is -2.98. The maximum atomic E-state index is 6.24. The zero-order valence-corrected chi connectivity index (χ0v) is 15.8. The van der Waals surface area contributed by atoms with Crippen LogP contribution in [0.25, 0.3) is 21.8 Å². The van der Waals surface area contributed by atoms with Crippen molar-refractivity contribution < 1.29 is 4.74 Å². The summed E-state index contributed by atoms with van der Waals surface area (Å²) in [5.41, 5.74) is 4.43. The Labute approximate surface area is 159 Å².